The molecule has 0 saturated carbocycles. The molecule has 0 N–H and O–H groups in total. The molecule has 1 amide bonds. The highest BCUT2D eigenvalue weighted by Crippen LogP contribution is 2.31. The van der Waals surface area contributed by atoms with Gasteiger partial charge < -0.3 is 4.90 Å². The third-order valence-corrected chi connectivity index (χ3v) is 4.40. The Labute approximate surface area is 151 Å². The first kappa shape index (κ1) is 16.9. The van der Waals surface area contributed by atoms with Crippen LogP contribution in [0.5, 0.6) is 0 Å². The highest BCUT2D eigenvalue weighted by Gasteiger charge is 2.34. The number of carbonyl (C=O) groups is 1. The maximum Gasteiger partial charge on any atom is 0.252 e. The van der Waals surface area contributed by atoms with E-state index >= 15 is 0 Å². The van der Waals surface area contributed by atoms with Crippen LogP contribution in [0.2, 0.25) is 10.0 Å². The minimum atomic E-state index is -0.924. The highest BCUT2D eigenvalue weighted by molar-refractivity contribution is 6.31. The summed E-state index contributed by atoms with van der Waals surface area (Å²) < 4.78 is 0. The zero-order valence-corrected chi connectivity index (χ0v) is 15.0. The SMILES string of the molecule is CC1(C)N=Nc2cc(Cl)ccc2CN(Cc2ccc(Cl)cc2)C1=O. The summed E-state index contributed by atoms with van der Waals surface area (Å²) in [5, 5.41) is 9.75. The van der Waals surface area contributed by atoms with Gasteiger partial charge in [-0.15, -0.1) is 0 Å². The van der Waals surface area contributed by atoms with Gasteiger partial charge in [0.2, 0.25) is 0 Å². The van der Waals surface area contributed by atoms with Crippen LogP contribution in [-0.4, -0.2) is 16.3 Å². The van der Waals surface area contributed by atoms with Crippen LogP contribution in [0.1, 0.15) is 25.0 Å². The van der Waals surface area contributed by atoms with Crippen molar-refractivity contribution >= 4 is 34.8 Å². The summed E-state index contributed by atoms with van der Waals surface area (Å²) >= 11 is 12.0. The number of rotatable bonds is 2. The first-order valence-corrected chi connectivity index (χ1v) is 8.36. The van der Waals surface area contributed by atoms with E-state index in [4.69, 9.17) is 23.2 Å². The third-order valence-electron chi connectivity index (χ3n) is 3.91. The lowest BCUT2D eigenvalue weighted by Crippen LogP contribution is -2.43. The van der Waals surface area contributed by atoms with Gasteiger partial charge in [-0.25, -0.2) is 0 Å². The Morgan fingerprint density at radius 1 is 1.08 bits per heavy atom. The number of carbonyl (C=O) groups excluding carboxylic acids is 1. The molecule has 0 atom stereocenters. The molecule has 0 spiro atoms. The lowest BCUT2D eigenvalue weighted by Gasteiger charge is -2.31. The molecule has 1 heterocycles. The predicted octanol–water partition coefficient (Wildman–Crippen LogP) is 5.40. The van der Waals surface area contributed by atoms with Gasteiger partial charge in [-0.2, -0.15) is 10.2 Å². The molecular weight excluding hydrogens is 345 g/mol. The van der Waals surface area contributed by atoms with E-state index in [1.807, 2.05) is 30.3 Å². The van der Waals surface area contributed by atoms with Gasteiger partial charge in [0.05, 0.1) is 5.69 Å². The molecule has 1 aliphatic rings. The molecule has 0 radical (unpaired) electrons. The zero-order valence-electron chi connectivity index (χ0n) is 13.5. The Hall–Kier alpha value is -1.91. The van der Waals surface area contributed by atoms with Crippen LogP contribution in [0.3, 0.4) is 0 Å². The summed E-state index contributed by atoms with van der Waals surface area (Å²) in [5.41, 5.74) is 1.70. The second-order valence-electron chi connectivity index (χ2n) is 6.32. The Bertz CT molecular complexity index is 800. The average Bonchev–Trinajstić information content (AvgIpc) is 2.54. The van der Waals surface area contributed by atoms with Gasteiger partial charge in [0, 0.05) is 23.1 Å². The van der Waals surface area contributed by atoms with Crippen molar-refractivity contribution in [3.8, 4) is 0 Å². The van der Waals surface area contributed by atoms with Gasteiger partial charge in [0.25, 0.3) is 5.91 Å². The van der Waals surface area contributed by atoms with E-state index in [-0.39, 0.29) is 5.91 Å². The summed E-state index contributed by atoms with van der Waals surface area (Å²) in [4.78, 5) is 14.7. The van der Waals surface area contributed by atoms with Crippen molar-refractivity contribution in [2.75, 3.05) is 0 Å². The first-order chi connectivity index (χ1) is 11.3. The van der Waals surface area contributed by atoms with Gasteiger partial charge >= 0.3 is 0 Å². The molecule has 3 rings (SSSR count). The zero-order chi connectivity index (χ0) is 17.3. The fraction of sp³-hybridized carbons (Fsp3) is 0.278. The van der Waals surface area contributed by atoms with Crippen molar-refractivity contribution in [3.63, 3.8) is 0 Å². The molecule has 124 valence electrons. The number of nitrogens with zero attached hydrogens (tertiary/aromatic N) is 3. The molecule has 4 nitrogen and oxygen atoms in total. The first-order valence-electron chi connectivity index (χ1n) is 7.60. The topological polar surface area (TPSA) is 45.0 Å². The molecule has 2 aromatic rings. The number of hydrogen-bond donors (Lipinski definition) is 0. The minimum Gasteiger partial charge on any atom is -0.332 e. The number of amides is 1. The summed E-state index contributed by atoms with van der Waals surface area (Å²) in [7, 11) is 0. The van der Waals surface area contributed by atoms with Crippen molar-refractivity contribution in [3.05, 3.63) is 63.6 Å². The normalized spacial score (nSPS) is 16.5. The largest absolute Gasteiger partial charge is 0.332 e. The van der Waals surface area contributed by atoms with Crippen LogP contribution in [0.25, 0.3) is 0 Å². The van der Waals surface area contributed by atoms with Crippen molar-refractivity contribution in [2.24, 2.45) is 10.2 Å². The Morgan fingerprint density at radius 2 is 1.75 bits per heavy atom. The van der Waals surface area contributed by atoms with Crippen LogP contribution in [0, 0.1) is 0 Å². The number of halogens is 2. The third kappa shape index (κ3) is 3.60. The fourth-order valence-corrected chi connectivity index (χ4v) is 2.88. The van der Waals surface area contributed by atoms with Gasteiger partial charge in [-0.1, -0.05) is 41.4 Å². The highest BCUT2D eigenvalue weighted by atomic mass is 35.5. The van der Waals surface area contributed by atoms with Crippen LogP contribution >= 0.6 is 23.2 Å². The molecule has 0 aromatic heterocycles. The molecule has 0 aliphatic carbocycles. The van der Waals surface area contributed by atoms with Crippen LogP contribution in [-0.2, 0) is 17.9 Å². The Balaban J connectivity index is 1.97. The maximum atomic E-state index is 12.9. The lowest BCUT2D eigenvalue weighted by molar-refractivity contribution is -0.137. The number of fused-ring (bicyclic) bond motifs is 1. The molecule has 0 bridgehead atoms. The van der Waals surface area contributed by atoms with E-state index < -0.39 is 5.54 Å². The summed E-state index contributed by atoms with van der Waals surface area (Å²) in [6, 6.07) is 12.9. The van der Waals surface area contributed by atoms with Crippen molar-refractivity contribution in [1.29, 1.82) is 0 Å². The molecule has 24 heavy (non-hydrogen) atoms. The van der Waals surface area contributed by atoms with Gasteiger partial charge in [-0.05, 0) is 49.2 Å². The van der Waals surface area contributed by atoms with E-state index in [1.54, 1.807) is 30.9 Å². The Morgan fingerprint density at radius 3 is 2.46 bits per heavy atom. The van der Waals surface area contributed by atoms with Crippen molar-refractivity contribution < 1.29 is 4.79 Å². The van der Waals surface area contributed by atoms with E-state index in [2.05, 4.69) is 10.2 Å². The predicted molar refractivity (Wildman–Crippen MR) is 95.8 cm³/mol. The molecule has 0 saturated heterocycles. The fourth-order valence-electron chi connectivity index (χ4n) is 2.59. The van der Waals surface area contributed by atoms with Crippen molar-refractivity contribution in [1.82, 2.24) is 4.90 Å². The molecule has 2 aromatic carbocycles. The smallest absolute Gasteiger partial charge is 0.252 e. The summed E-state index contributed by atoms with van der Waals surface area (Å²) in [5.74, 6) is -0.0678. The van der Waals surface area contributed by atoms with Crippen molar-refractivity contribution in [2.45, 2.75) is 32.5 Å². The Kier molecular flexibility index (Phi) is 4.61. The van der Waals surface area contributed by atoms with E-state index in [0.29, 0.717) is 28.8 Å². The van der Waals surface area contributed by atoms with Crippen LogP contribution in [0.15, 0.2) is 52.7 Å². The second-order valence-corrected chi connectivity index (χ2v) is 7.19. The van der Waals surface area contributed by atoms with Crippen LogP contribution in [0.4, 0.5) is 5.69 Å². The number of benzene rings is 2. The molecule has 0 fully saturated rings. The quantitative estimate of drug-likeness (QED) is 0.706. The maximum absolute atomic E-state index is 12.9. The number of hydrogen-bond acceptors (Lipinski definition) is 3. The summed E-state index contributed by atoms with van der Waals surface area (Å²) in [6.45, 7) is 4.47. The molecule has 1 aliphatic heterocycles. The van der Waals surface area contributed by atoms with E-state index in [1.165, 1.54) is 0 Å². The van der Waals surface area contributed by atoms with E-state index in [0.717, 1.165) is 11.1 Å². The number of azo groups is 1. The van der Waals surface area contributed by atoms with Gasteiger partial charge in [-0.3, -0.25) is 4.79 Å². The molecule has 0 unspecified atom stereocenters. The standard InChI is InChI=1S/C18H17Cl2N3O/c1-18(2)17(24)23(10-12-3-6-14(19)7-4-12)11-13-5-8-15(20)9-16(13)21-22-18/h3-9H,10-11H2,1-2H3. The lowest BCUT2D eigenvalue weighted by atomic mass is 10.0. The van der Waals surface area contributed by atoms with Gasteiger partial charge in [0.1, 0.15) is 0 Å². The minimum absolute atomic E-state index is 0.0678. The van der Waals surface area contributed by atoms with E-state index in [9.17, 15) is 4.79 Å². The molecule has 6 heteroatoms. The summed E-state index contributed by atoms with van der Waals surface area (Å²) in [6.07, 6.45) is 0. The van der Waals surface area contributed by atoms with Crippen LogP contribution < -0.4 is 0 Å². The molecular formula is C18H17Cl2N3O. The monoisotopic (exact) mass is 361 g/mol. The van der Waals surface area contributed by atoms with Gasteiger partial charge in [0.15, 0.2) is 5.54 Å². The average molecular weight is 362 g/mol. The second kappa shape index (κ2) is 6.54.